The van der Waals surface area contributed by atoms with Crippen molar-refractivity contribution in [1.29, 1.82) is 5.26 Å². The Kier molecular flexibility index (Phi) is 6.95. The average molecular weight is 545 g/mol. The maximum atomic E-state index is 14.4. The Bertz CT molecular complexity index is 1750. The fourth-order valence-corrected chi connectivity index (χ4v) is 4.58. The highest BCUT2D eigenvalue weighted by Gasteiger charge is 2.36. The molecule has 4 aromatic rings. The van der Waals surface area contributed by atoms with E-state index in [1.54, 1.807) is 6.07 Å². The van der Waals surface area contributed by atoms with E-state index in [9.17, 15) is 40.4 Å². The summed E-state index contributed by atoms with van der Waals surface area (Å²) in [6.45, 7) is -0.569. The van der Waals surface area contributed by atoms with Crippen molar-refractivity contribution in [3.63, 3.8) is 0 Å². The molecule has 194 valence electrons. The van der Waals surface area contributed by atoms with E-state index >= 15 is 0 Å². The highest BCUT2D eigenvalue weighted by atomic mass is 32.2. The van der Waals surface area contributed by atoms with Crippen LogP contribution in [0.2, 0.25) is 0 Å². The lowest BCUT2D eigenvalue weighted by Crippen LogP contribution is -2.29. The Balaban J connectivity index is 1.93. The number of pyridine rings is 1. The number of hydrogen-bond donors (Lipinski definition) is 0. The average Bonchev–Trinajstić information content (AvgIpc) is 2.85. The van der Waals surface area contributed by atoms with Gasteiger partial charge in [0.15, 0.2) is 9.84 Å². The predicted octanol–water partition coefficient (Wildman–Crippen LogP) is 5.80. The number of hydrogen-bond acceptors (Lipinski definition) is 4. The van der Waals surface area contributed by atoms with E-state index in [2.05, 4.69) is 0 Å². The topological polar surface area (TPSA) is 79.9 Å². The minimum atomic E-state index is -5.03. The van der Waals surface area contributed by atoms with Gasteiger partial charge in [0.05, 0.1) is 22.7 Å². The van der Waals surface area contributed by atoms with Crippen molar-refractivity contribution in [3.8, 4) is 28.5 Å². The molecule has 0 bridgehead atoms. The molecule has 0 aliphatic carbocycles. The standard InChI is InChI=1S/C27H17F5N2O3S/c1-38(36,37)21-9-6-16(7-10-21)17-3-2-4-18(11-17)25-13-23(27(30,31)32)22(14-33)26(35)34(25)15-19-5-8-20(28)12-24(19)29/h2-13H,15H2,1H3. The molecule has 0 saturated carbocycles. The number of nitrogens with zero attached hydrogens (tertiary/aromatic N) is 2. The van der Waals surface area contributed by atoms with Crippen molar-refractivity contribution in [2.45, 2.75) is 17.6 Å². The predicted molar refractivity (Wildman–Crippen MR) is 130 cm³/mol. The molecule has 1 aromatic heterocycles. The first kappa shape index (κ1) is 26.8. The SMILES string of the molecule is CS(=O)(=O)c1ccc(-c2cccc(-c3cc(C(F)(F)F)c(C#N)c(=O)n3Cc3ccc(F)cc3F)c2)cc1. The van der Waals surface area contributed by atoms with Crippen molar-refractivity contribution in [2.75, 3.05) is 6.26 Å². The lowest BCUT2D eigenvalue weighted by molar-refractivity contribution is -0.137. The second kappa shape index (κ2) is 9.87. The minimum absolute atomic E-state index is 0.0782. The van der Waals surface area contributed by atoms with Crippen molar-refractivity contribution in [3.05, 3.63) is 111 Å². The smallest absolute Gasteiger partial charge is 0.303 e. The molecule has 0 atom stereocenters. The summed E-state index contributed by atoms with van der Waals surface area (Å²) in [6.07, 6.45) is -3.98. The summed E-state index contributed by atoms with van der Waals surface area (Å²) in [4.78, 5) is 13.2. The Morgan fingerprint density at radius 1 is 0.895 bits per heavy atom. The van der Waals surface area contributed by atoms with E-state index in [1.807, 2.05) is 0 Å². The fraction of sp³-hybridized carbons (Fsp3) is 0.111. The van der Waals surface area contributed by atoms with Gasteiger partial charge in [-0.3, -0.25) is 4.79 Å². The largest absolute Gasteiger partial charge is 0.417 e. The Hall–Kier alpha value is -4.30. The quantitative estimate of drug-likeness (QED) is 0.298. The molecule has 1 heterocycles. The molecule has 11 heteroatoms. The highest BCUT2D eigenvalue weighted by Crippen LogP contribution is 2.35. The third-order valence-corrected chi connectivity index (χ3v) is 6.96. The van der Waals surface area contributed by atoms with Crippen LogP contribution in [0.4, 0.5) is 22.0 Å². The van der Waals surface area contributed by atoms with Crippen LogP contribution in [0.1, 0.15) is 16.7 Å². The maximum Gasteiger partial charge on any atom is 0.417 e. The number of alkyl halides is 3. The summed E-state index contributed by atoms with van der Waals surface area (Å²) >= 11 is 0. The van der Waals surface area contributed by atoms with Gasteiger partial charge in [0.2, 0.25) is 0 Å². The molecule has 0 spiro atoms. The molecular weight excluding hydrogens is 527 g/mol. The van der Waals surface area contributed by atoms with Gasteiger partial charge in [-0.25, -0.2) is 17.2 Å². The van der Waals surface area contributed by atoms with Gasteiger partial charge in [0, 0.05) is 17.9 Å². The molecular formula is C27H17F5N2O3S. The number of rotatable bonds is 5. The first-order chi connectivity index (χ1) is 17.8. The van der Waals surface area contributed by atoms with E-state index in [-0.39, 0.29) is 21.7 Å². The lowest BCUT2D eigenvalue weighted by Gasteiger charge is -2.18. The molecule has 0 amide bonds. The van der Waals surface area contributed by atoms with Crippen LogP contribution in [-0.4, -0.2) is 19.2 Å². The molecule has 0 aliphatic rings. The Labute approximate surface area is 213 Å². The van der Waals surface area contributed by atoms with Crippen LogP contribution in [-0.2, 0) is 22.6 Å². The van der Waals surface area contributed by atoms with Crippen LogP contribution >= 0.6 is 0 Å². The van der Waals surface area contributed by atoms with Crippen molar-refractivity contribution < 1.29 is 30.4 Å². The van der Waals surface area contributed by atoms with Gasteiger partial charge in [-0.1, -0.05) is 36.4 Å². The lowest BCUT2D eigenvalue weighted by atomic mass is 9.99. The number of sulfone groups is 1. The van der Waals surface area contributed by atoms with Crippen LogP contribution in [0.5, 0.6) is 0 Å². The maximum absolute atomic E-state index is 14.4. The van der Waals surface area contributed by atoms with E-state index < -0.39 is 50.9 Å². The van der Waals surface area contributed by atoms with E-state index in [0.717, 1.165) is 23.0 Å². The summed E-state index contributed by atoms with van der Waals surface area (Å²) in [6, 6.07) is 16.4. The molecule has 0 radical (unpaired) electrons. The Morgan fingerprint density at radius 2 is 1.55 bits per heavy atom. The van der Waals surface area contributed by atoms with Gasteiger partial charge >= 0.3 is 6.18 Å². The molecule has 3 aromatic carbocycles. The number of nitriles is 1. The summed E-state index contributed by atoms with van der Waals surface area (Å²) in [5.74, 6) is -1.89. The zero-order chi connectivity index (χ0) is 27.8. The first-order valence-electron chi connectivity index (χ1n) is 10.9. The van der Waals surface area contributed by atoms with Gasteiger partial charge in [-0.2, -0.15) is 18.4 Å². The normalized spacial score (nSPS) is 11.8. The van der Waals surface area contributed by atoms with Gasteiger partial charge in [0.1, 0.15) is 23.3 Å². The fourth-order valence-electron chi connectivity index (χ4n) is 3.95. The number of halogens is 5. The summed E-state index contributed by atoms with van der Waals surface area (Å²) in [5.41, 5.74) is -3.14. The van der Waals surface area contributed by atoms with Gasteiger partial charge in [-0.15, -0.1) is 0 Å². The second-order valence-corrected chi connectivity index (χ2v) is 10.4. The third kappa shape index (κ3) is 5.35. The van der Waals surface area contributed by atoms with Crippen LogP contribution in [0.3, 0.4) is 0 Å². The van der Waals surface area contributed by atoms with Gasteiger partial charge in [0.25, 0.3) is 5.56 Å². The number of aromatic nitrogens is 1. The van der Waals surface area contributed by atoms with Crippen molar-refractivity contribution in [1.82, 2.24) is 4.57 Å². The molecule has 0 fully saturated rings. The highest BCUT2D eigenvalue weighted by molar-refractivity contribution is 7.90. The molecule has 5 nitrogen and oxygen atoms in total. The van der Waals surface area contributed by atoms with Crippen LogP contribution in [0.25, 0.3) is 22.4 Å². The van der Waals surface area contributed by atoms with E-state index in [0.29, 0.717) is 23.3 Å². The number of benzene rings is 3. The second-order valence-electron chi connectivity index (χ2n) is 8.43. The third-order valence-electron chi connectivity index (χ3n) is 5.84. The molecule has 0 unspecified atom stereocenters. The van der Waals surface area contributed by atoms with Gasteiger partial charge < -0.3 is 4.57 Å². The summed E-state index contributed by atoms with van der Waals surface area (Å²) < 4.78 is 93.6. The van der Waals surface area contributed by atoms with Crippen molar-refractivity contribution >= 4 is 9.84 Å². The zero-order valence-corrected chi connectivity index (χ0v) is 20.4. The Morgan fingerprint density at radius 3 is 2.13 bits per heavy atom. The summed E-state index contributed by atoms with van der Waals surface area (Å²) in [7, 11) is -3.45. The molecule has 0 aliphatic heterocycles. The molecule has 4 rings (SSSR count). The minimum Gasteiger partial charge on any atom is -0.303 e. The zero-order valence-electron chi connectivity index (χ0n) is 19.6. The van der Waals surface area contributed by atoms with Crippen molar-refractivity contribution in [2.24, 2.45) is 0 Å². The molecule has 0 N–H and O–H groups in total. The van der Waals surface area contributed by atoms with Crippen LogP contribution in [0.15, 0.2) is 82.5 Å². The van der Waals surface area contributed by atoms with E-state index in [4.69, 9.17) is 0 Å². The van der Waals surface area contributed by atoms with Crippen LogP contribution < -0.4 is 5.56 Å². The molecule has 0 saturated heterocycles. The van der Waals surface area contributed by atoms with E-state index in [1.165, 1.54) is 48.5 Å². The van der Waals surface area contributed by atoms with Gasteiger partial charge in [-0.05, 0) is 47.0 Å². The molecule has 38 heavy (non-hydrogen) atoms. The van der Waals surface area contributed by atoms with Crippen LogP contribution in [0, 0.1) is 23.0 Å². The monoisotopic (exact) mass is 544 g/mol. The summed E-state index contributed by atoms with van der Waals surface area (Å²) in [5, 5.41) is 9.35. The first-order valence-corrected chi connectivity index (χ1v) is 12.8.